The second kappa shape index (κ2) is 15.1. The van der Waals surface area contributed by atoms with Crippen molar-refractivity contribution < 1.29 is 4.42 Å². The highest BCUT2D eigenvalue weighted by Gasteiger charge is 2.45. The molecular weight excluding hydrogens is 763 g/mol. The zero-order valence-electron chi connectivity index (χ0n) is 34.5. The summed E-state index contributed by atoms with van der Waals surface area (Å²) in [6, 6.07) is 90.1. The fourth-order valence-corrected chi connectivity index (χ4v) is 10.1. The molecule has 1 aliphatic rings. The smallest absolute Gasteiger partial charge is 0.136 e. The number of nitrogens with zero attached hydrogens (tertiary/aromatic N) is 1. The quantitative estimate of drug-likeness (QED) is 0.152. The lowest BCUT2D eigenvalue weighted by molar-refractivity contribution is 0.669. The first-order valence-electron chi connectivity index (χ1n) is 21.7. The predicted octanol–water partition coefficient (Wildman–Crippen LogP) is 16.4. The summed E-state index contributed by atoms with van der Waals surface area (Å²) in [5.74, 6) is 0. The van der Waals surface area contributed by atoms with Crippen LogP contribution in [0.15, 0.2) is 253 Å². The van der Waals surface area contributed by atoms with Gasteiger partial charge in [0, 0.05) is 27.8 Å². The highest BCUT2D eigenvalue weighted by atomic mass is 16.3. The molecule has 2 nitrogen and oxygen atoms in total. The third-order valence-electron chi connectivity index (χ3n) is 13.0. The lowest BCUT2D eigenvalue weighted by Gasteiger charge is -2.34. The molecular formula is C61H41NO. The van der Waals surface area contributed by atoms with Crippen LogP contribution in [0.25, 0.3) is 66.4 Å². The molecule has 0 atom stereocenters. The van der Waals surface area contributed by atoms with Crippen molar-refractivity contribution in [3.63, 3.8) is 0 Å². The highest BCUT2D eigenvalue weighted by molar-refractivity contribution is 6.12. The normalized spacial score (nSPS) is 12.6. The van der Waals surface area contributed by atoms with E-state index < -0.39 is 5.41 Å². The van der Waals surface area contributed by atoms with Crippen molar-refractivity contribution in [1.82, 2.24) is 0 Å². The monoisotopic (exact) mass is 803 g/mol. The van der Waals surface area contributed by atoms with Crippen LogP contribution < -0.4 is 4.90 Å². The average molecular weight is 804 g/mol. The van der Waals surface area contributed by atoms with E-state index in [4.69, 9.17) is 4.42 Å². The molecule has 0 aliphatic heterocycles. The van der Waals surface area contributed by atoms with Crippen molar-refractivity contribution in [2.45, 2.75) is 5.41 Å². The molecule has 0 amide bonds. The minimum atomic E-state index is -0.463. The summed E-state index contributed by atoms with van der Waals surface area (Å²) < 4.78 is 6.27. The molecule has 0 spiro atoms. The standard InChI is InChI=1S/C61H41NO/c1-3-14-42(15-4-1)43-26-28-44(29-27-43)45-30-36-49(37-31-45)62(50-38-32-46(33-39-50)52-21-13-25-59-60(52)55-20-9-12-24-58(55)63-59)51-40-34-48(35-41-51)61(47-16-5-2-6-17-47)56-22-10-7-18-53(56)54-19-8-11-23-57(54)61/h1-41H. The Bertz CT molecular complexity index is 3360. The largest absolute Gasteiger partial charge is 0.456 e. The predicted molar refractivity (Wildman–Crippen MR) is 262 cm³/mol. The molecule has 63 heavy (non-hydrogen) atoms. The molecule has 0 unspecified atom stereocenters. The zero-order valence-corrected chi connectivity index (χ0v) is 34.5. The van der Waals surface area contributed by atoms with E-state index in [-0.39, 0.29) is 0 Å². The van der Waals surface area contributed by atoms with E-state index in [1.807, 2.05) is 12.1 Å². The van der Waals surface area contributed by atoms with Crippen molar-refractivity contribution in [2.75, 3.05) is 4.90 Å². The van der Waals surface area contributed by atoms with E-state index in [1.165, 1.54) is 55.6 Å². The van der Waals surface area contributed by atoms with Gasteiger partial charge in [-0.05, 0) is 115 Å². The van der Waals surface area contributed by atoms with E-state index >= 15 is 0 Å². The summed E-state index contributed by atoms with van der Waals surface area (Å²) in [6.07, 6.45) is 0. The van der Waals surface area contributed by atoms with Crippen molar-refractivity contribution in [3.8, 4) is 44.5 Å². The molecule has 0 saturated heterocycles. The fraction of sp³-hybridized carbons (Fsp3) is 0.0164. The Labute approximate surface area is 367 Å². The van der Waals surface area contributed by atoms with Crippen LogP contribution in [0.1, 0.15) is 22.3 Å². The summed E-state index contributed by atoms with van der Waals surface area (Å²) >= 11 is 0. The number of furan rings is 1. The molecule has 11 aromatic rings. The molecule has 0 N–H and O–H groups in total. The minimum absolute atomic E-state index is 0.463. The first kappa shape index (κ1) is 36.6. The van der Waals surface area contributed by atoms with Crippen LogP contribution in [-0.2, 0) is 5.41 Å². The molecule has 1 aromatic heterocycles. The molecule has 12 rings (SSSR count). The Morgan fingerprint density at radius 1 is 0.286 bits per heavy atom. The van der Waals surface area contributed by atoms with Gasteiger partial charge in [-0.1, -0.05) is 200 Å². The number of hydrogen-bond acceptors (Lipinski definition) is 2. The van der Waals surface area contributed by atoms with Gasteiger partial charge < -0.3 is 9.32 Å². The maximum absolute atomic E-state index is 6.27. The minimum Gasteiger partial charge on any atom is -0.456 e. The topological polar surface area (TPSA) is 16.4 Å². The summed E-state index contributed by atoms with van der Waals surface area (Å²) in [4.78, 5) is 2.37. The summed E-state index contributed by atoms with van der Waals surface area (Å²) in [7, 11) is 0. The van der Waals surface area contributed by atoms with Gasteiger partial charge in [0.05, 0.1) is 5.41 Å². The average Bonchev–Trinajstić information content (AvgIpc) is 3.90. The van der Waals surface area contributed by atoms with Crippen LogP contribution >= 0.6 is 0 Å². The highest BCUT2D eigenvalue weighted by Crippen LogP contribution is 2.56. The summed E-state index contributed by atoms with van der Waals surface area (Å²) in [5.41, 5.74) is 19.4. The number of anilines is 3. The van der Waals surface area contributed by atoms with Gasteiger partial charge >= 0.3 is 0 Å². The number of benzene rings is 10. The number of para-hydroxylation sites is 1. The van der Waals surface area contributed by atoms with E-state index in [9.17, 15) is 0 Å². The number of fused-ring (bicyclic) bond motifs is 6. The van der Waals surface area contributed by atoms with Crippen molar-refractivity contribution in [3.05, 3.63) is 271 Å². The Hall–Kier alpha value is -8.20. The van der Waals surface area contributed by atoms with Gasteiger partial charge in [-0.25, -0.2) is 0 Å². The van der Waals surface area contributed by atoms with Gasteiger partial charge in [-0.2, -0.15) is 0 Å². The van der Waals surface area contributed by atoms with E-state index in [1.54, 1.807) is 0 Å². The van der Waals surface area contributed by atoms with E-state index in [2.05, 4.69) is 241 Å². The lowest BCUT2D eigenvalue weighted by atomic mass is 9.68. The third-order valence-corrected chi connectivity index (χ3v) is 13.0. The van der Waals surface area contributed by atoms with Crippen LogP contribution in [0.2, 0.25) is 0 Å². The number of rotatable bonds is 8. The van der Waals surface area contributed by atoms with Crippen LogP contribution in [0.3, 0.4) is 0 Å². The molecule has 10 aromatic carbocycles. The molecule has 296 valence electrons. The molecule has 1 heterocycles. The zero-order chi connectivity index (χ0) is 41.7. The van der Waals surface area contributed by atoms with Gasteiger partial charge in [0.15, 0.2) is 0 Å². The fourth-order valence-electron chi connectivity index (χ4n) is 10.1. The SMILES string of the molecule is c1ccc(-c2ccc(-c3ccc(N(c4ccc(-c5cccc6oc7ccccc7c56)cc4)c4ccc(C5(c6ccccc6)c6ccccc6-c6ccccc65)cc4)cc3)cc2)cc1. The van der Waals surface area contributed by atoms with Crippen molar-refractivity contribution in [2.24, 2.45) is 0 Å². The van der Waals surface area contributed by atoms with Crippen LogP contribution in [0, 0.1) is 0 Å². The van der Waals surface area contributed by atoms with E-state index in [0.717, 1.165) is 50.1 Å². The Kier molecular flexibility index (Phi) is 8.76. The van der Waals surface area contributed by atoms with Crippen molar-refractivity contribution >= 4 is 39.0 Å². The Balaban J connectivity index is 0.969. The third kappa shape index (κ3) is 6.02. The summed E-state index contributed by atoms with van der Waals surface area (Å²) in [6.45, 7) is 0. The van der Waals surface area contributed by atoms with Gasteiger partial charge in [0.25, 0.3) is 0 Å². The molecule has 0 saturated carbocycles. The molecule has 0 bridgehead atoms. The van der Waals surface area contributed by atoms with Gasteiger partial charge in [-0.3, -0.25) is 0 Å². The van der Waals surface area contributed by atoms with Gasteiger partial charge in [-0.15, -0.1) is 0 Å². The Morgan fingerprint density at radius 3 is 1.30 bits per heavy atom. The molecule has 0 fully saturated rings. The molecule has 1 aliphatic carbocycles. The van der Waals surface area contributed by atoms with Crippen LogP contribution in [0.4, 0.5) is 17.1 Å². The number of hydrogen-bond donors (Lipinski definition) is 0. The summed E-state index contributed by atoms with van der Waals surface area (Å²) in [5, 5.41) is 2.27. The van der Waals surface area contributed by atoms with Crippen LogP contribution in [-0.4, -0.2) is 0 Å². The second-order valence-electron chi connectivity index (χ2n) is 16.4. The first-order chi connectivity index (χ1) is 31.2. The van der Waals surface area contributed by atoms with Crippen LogP contribution in [0.5, 0.6) is 0 Å². The van der Waals surface area contributed by atoms with Gasteiger partial charge in [0.2, 0.25) is 0 Å². The second-order valence-corrected chi connectivity index (χ2v) is 16.4. The first-order valence-corrected chi connectivity index (χ1v) is 21.7. The molecule has 2 heteroatoms. The molecule has 0 radical (unpaired) electrons. The van der Waals surface area contributed by atoms with Gasteiger partial charge in [0.1, 0.15) is 11.2 Å². The Morgan fingerprint density at radius 2 is 0.698 bits per heavy atom. The van der Waals surface area contributed by atoms with E-state index in [0.29, 0.717) is 0 Å². The van der Waals surface area contributed by atoms with Crippen molar-refractivity contribution in [1.29, 1.82) is 0 Å². The maximum atomic E-state index is 6.27. The maximum Gasteiger partial charge on any atom is 0.136 e. The lowest BCUT2D eigenvalue weighted by Crippen LogP contribution is -2.28.